The molecule has 6 heteroatoms. The molecule has 1 amide bonds. The largest absolute Gasteiger partial charge is 0.466 e. The van der Waals surface area contributed by atoms with Crippen molar-refractivity contribution in [3.63, 3.8) is 0 Å². The van der Waals surface area contributed by atoms with Crippen LogP contribution in [0.15, 0.2) is 0 Å². The van der Waals surface area contributed by atoms with E-state index in [0.717, 1.165) is 0 Å². The van der Waals surface area contributed by atoms with Gasteiger partial charge < -0.3 is 14.8 Å². The second-order valence-electron chi connectivity index (χ2n) is 5.89. The van der Waals surface area contributed by atoms with Crippen LogP contribution in [-0.2, 0) is 19.1 Å². The lowest BCUT2D eigenvalue weighted by Crippen LogP contribution is -2.47. The normalized spacial score (nSPS) is 23.1. The minimum Gasteiger partial charge on any atom is -0.466 e. The number of hydrogen-bond donors (Lipinski definition) is 1. The first-order chi connectivity index (χ1) is 9.23. The van der Waals surface area contributed by atoms with Gasteiger partial charge in [0.25, 0.3) is 0 Å². The molecule has 0 spiro atoms. The van der Waals surface area contributed by atoms with E-state index < -0.39 is 17.7 Å². The fourth-order valence-electron chi connectivity index (χ4n) is 2.09. The number of amides is 1. The number of ether oxygens (including phenoxy) is 2. The van der Waals surface area contributed by atoms with Crippen molar-refractivity contribution in [1.29, 1.82) is 0 Å². The molecule has 0 saturated heterocycles. The maximum absolute atomic E-state index is 11.8. The Bertz CT molecular complexity index is 386. The molecule has 0 aromatic rings. The quantitative estimate of drug-likeness (QED) is 0.800. The van der Waals surface area contributed by atoms with Crippen LogP contribution in [0.3, 0.4) is 0 Å². The number of ketones is 1. The summed E-state index contributed by atoms with van der Waals surface area (Å²) in [5.41, 5.74) is -0.623. The maximum Gasteiger partial charge on any atom is 0.408 e. The lowest BCUT2D eigenvalue weighted by atomic mass is 9.85. The number of rotatable bonds is 3. The van der Waals surface area contributed by atoms with Crippen LogP contribution in [0, 0.1) is 5.92 Å². The Morgan fingerprint density at radius 1 is 1.35 bits per heavy atom. The van der Waals surface area contributed by atoms with E-state index in [1.54, 1.807) is 27.7 Å². The van der Waals surface area contributed by atoms with E-state index in [4.69, 9.17) is 9.47 Å². The van der Waals surface area contributed by atoms with Crippen molar-refractivity contribution < 1.29 is 23.9 Å². The average molecular weight is 285 g/mol. The molecule has 6 nitrogen and oxygen atoms in total. The highest BCUT2D eigenvalue weighted by atomic mass is 16.6. The third-order valence-corrected chi connectivity index (χ3v) is 2.96. The molecule has 20 heavy (non-hydrogen) atoms. The Morgan fingerprint density at radius 3 is 2.55 bits per heavy atom. The maximum atomic E-state index is 11.8. The molecule has 0 aromatic carbocycles. The van der Waals surface area contributed by atoms with Crippen molar-refractivity contribution >= 4 is 17.8 Å². The standard InChI is InChI=1S/C14H23NO5/c1-5-19-12(17)9-6-7-11(16)10(8-9)15-13(18)20-14(2,3)4/h9-10H,5-8H2,1-4H3,(H,15,18)/t9-,10+/m0/s1. The summed E-state index contributed by atoms with van der Waals surface area (Å²) in [6.45, 7) is 7.29. The molecular weight excluding hydrogens is 262 g/mol. The van der Waals surface area contributed by atoms with Gasteiger partial charge in [0.05, 0.1) is 18.6 Å². The van der Waals surface area contributed by atoms with Gasteiger partial charge in [-0.1, -0.05) is 0 Å². The lowest BCUT2D eigenvalue weighted by molar-refractivity contribution is -0.150. The summed E-state index contributed by atoms with van der Waals surface area (Å²) < 4.78 is 10.1. The predicted octanol–water partition coefficient (Wildman–Crippen LogP) is 1.81. The number of Topliss-reactive ketones (excluding diaryl/α,β-unsaturated/α-hetero) is 1. The summed E-state index contributed by atoms with van der Waals surface area (Å²) in [4.78, 5) is 35.2. The van der Waals surface area contributed by atoms with E-state index >= 15 is 0 Å². The number of carbonyl (C=O) groups is 3. The van der Waals surface area contributed by atoms with Gasteiger partial charge in [0.1, 0.15) is 5.60 Å². The van der Waals surface area contributed by atoms with Crippen molar-refractivity contribution in [2.45, 2.75) is 58.6 Å². The van der Waals surface area contributed by atoms with Crippen LogP contribution in [0.25, 0.3) is 0 Å². The van der Waals surface area contributed by atoms with Gasteiger partial charge >= 0.3 is 12.1 Å². The molecule has 1 rings (SSSR count). The Balaban J connectivity index is 2.57. The first kappa shape index (κ1) is 16.5. The molecule has 1 aliphatic carbocycles. The zero-order valence-electron chi connectivity index (χ0n) is 12.5. The third kappa shape index (κ3) is 5.19. The van der Waals surface area contributed by atoms with Crippen LogP contribution in [0.5, 0.6) is 0 Å². The summed E-state index contributed by atoms with van der Waals surface area (Å²) in [6, 6.07) is -0.673. The topological polar surface area (TPSA) is 81.7 Å². The van der Waals surface area contributed by atoms with Gasteiger partial charge in [-0.05, 0) is 40.5 Å². The van der Waals surface area contributed by atoms with Crippen LogP contribution in [0.4, 0.5) is 4.79 Å². The smallest absolute Gasteiger partial charge is 0.408 e. The summed E-state index contributed by atoms with van der Waals surface area (Å²) >= 11 is 0. The molecule has 0 aliphatic heterocycles. The molecule has 1 fully saturated rings. The molecule has 1 aliphatic rings. The number of hydrogen-bond acceptors (Lipinski definition) is 5. The van der Waals surface area contributed by atoms with Crippen LogP contribution in [0.2, 0.25) is 0 Å². The monoisotopic (exact) mass is 285 g/mol. The van der Waals surface area contributed by atoms with Crippen LogP contribution < -0.4 is 5.32 Å². The average Bonchev–Trinajstić information content (AvgIpc) is 2.29. The number of nitrogens with one attached hydrogen (secondary N) is 1. The highest BCUT2D eigenvalue weighted by Gasteiger charge is 2.35. The second kappa shape index (κ2) is 6.72. The fourth-order valence-corrected chi connectivity index (χ4v) is 2.09. The molecule has 0 bridgehead atoms. The summed E-state index contributed by atoms with van der Waals surface area (Å²) in [7, 11) is 0. The molecule has 0 unspecified atom stereocenters. The Hall–Kier alpha value is -1.59. The molecule has 0 radical (unpaired) electrons. The Labute approximate surface area is 119 Å². The molecular formula is C14H23NO5. The predicted molar refractivity (Wildman–Crippen MR) is 72.1 cm³/mol. The van der Waals surface area contributed by atoms with Crippen LogP contribution >= 0.6 is 0 Å². The minimum atomic E-state index is -0.673. The van der Waals surface area contributed by atoms with Crippen LogP contribution in [-0.4, -0.2) is 36.1 Å². The van der Waals surface area contributed by atoms with Gasteiger partial charge in [0.15, 0.2) is 5.78 Å². The summed E-state index contributed by atoms with van der Waals surface area (Å²) in [5, 5.41) is 2.53. The third-order valence-electron chi connectivity index (χ3n) is 2.96. The molecule has 1 saturated carbocycles. The Morgan fingerprint density at radius 2 is 2.00 bits per heavy atom. The van der Waals surface area contributed by atoms with Crippen LogP contribution in [0.1, 0.15) is 47.0 Å². The fraction of sp³-hybridized carbons (Fsp3) is 0.786. The molecule has 2 atom stereocenters. The highest BCUT2D eigenvalue weighted by Crippen LogP contribution is 2.23. The number of alkyl carbamates (subject to hydrolysis) is 1. The van der Waals surface area contributed by atoms with Gasteiger partial charge in [-0.15, -0.1) is 0 Å². The van der Waals surface area contributed by atoms with Crippen molar-refractivity contribution in [2.75, 3.05) is 6.61 Å². The molecule has 114 valence electrons. The van der Waals surface area contributed by atoms with E-state index in [1.165, 1.54) is 0 Å². The molecule has 0 heterocycles. The van der Waals surface area contributed by atoms with E-state index in [2.05, 4.69) is 5.32 Å². The second-order valence-corrected chi connectivity index (χ2v) is 5.89. The molecule has 0 aromatic heterocycles. The van der Waals surface area contributed by atoms with Gasteiger partial charge in [-0.3, -0.25) is 9.59 Å². The Kier molecular flexibility index (Phi) is 5.53. The van der Waals surface area contributed by atoms with Crippen molar-refractivity contribution in [2.24, 2.45) is 5.92 Å². The van der Waals surface area contributed by atoms with E-state index in [-0.39, 0.29) is 30.5 Å². The van der Waals surface area contributed by atoms with Crippen molar-refractivity contribution in [1.82, 2.24) is 5.32 Å². The van der Waals surface area contributed by atoms with Gasteiger partial charge in [0, 0.05) is 6.42 Å². The van der Waals surface area contributed by atoms with E-state index in [0.29, 0.717) is 13.0 Å². The zero-order valence-corrected chi connectivity index (χ0v) is 12.5. The van der Waals surface area contributed by atoms with Gasteiger partial charge in [-0.2, -0.15) is 0 Å². The van der Waals surface area contributed by atoms with Gasteiger partial charge in [-0.25, -0.2) is 4.79 Å². The summed E-state index contributed by atoms with van der Waals surface area (Å²) in [6.07, 6.45) is 0.380. The highest BCUT2D eigenvalue weighted by molar-refractivity contribution is 5.89. The number of esters is 1. The van der Waals surface area contributed by atoms with Crippen molar-refractivity contribution in [3.05, 3.63) is 0 Å². The summed E-state index contributed by atoms with van der Waals surface area (Å²) in [5.74, 6) is -0.722. The van der Waals surface area contributed by atoms with Gasteiger partial charge in [0.2, 0.25) is 0 Å². The van der Waals surface area contributed by atoms with E-state index in [9.17, 15) is 14.4 Å². The first-order valence-electron chi connectivity index (χ1n) is 6.91. The minimum absolute atomic E-state index is 0.0728. The first-order valence-corrected chi connectivity index (χ1v) is 6.91. The zero-order chi connectivity index (χ0) is 15.3. The van der Waals surface area contributed by atoms with E-state index in [1.807, 2.05) is 0 Å². The lowest BCUT2D eigenvalue weighted by Gasteiger charge is -2.28. The SMILES string of the molecule is CCOC(=O)[C@H]1CCC(=O)[C@H](NC(=O)OC(C)(C)C)C1. The number of carbonyl (C=O) groups excluding carboxylic acids is 3. The van der Waals surface area contributed by atoms with Crippen molar-refractivity contribution in [3.8, 4) is 0 Å². The molecule has 1 N–H and O–H groups in total.